The highest BCUT2D eigenvalue weighted by atomic mass is 16.5. The minimum Gasteiger partial charge on any atom is -0.497 e. The number of allylic oxidation sites excluding steroid dienone is 1. The molecule has 0 spiro atoms. The Kier molecular flexibility index (Phi) is 4.58. The summed E-state index contributed by atoms with van der Waals surface area (Å²) in [5, 5.41) is 0. The molecule has 0 amide bonds. The molecule has 2 N–H and O–H groups in total. The Bertz CT molecular complexity index is 377. The van der Waals surface area contributed by atoms with E-state index in [2.05, 4.69) is 18.8 Å². The average molecular weight is 218 g/mol. The van der Waals surface area contributed by atoms with Crippen molar-refractivity contribution in [2.45, 2.75) is 13.8 Å². The molecule has 0 saturated heterocycles. The van der Waals surface area contributed by atoms with Crippen molar-refractivity contribution >= 4 is 11.9 Å². The molecular weight excluding hydrogens is 200 g/mol. The van der Waals surface area contributed by atoms with Crippen molar-refractivity contribution in [2.75, 3.05) is 7.11 Å². The quantitative estimate of drug-likeness (QED) is 0.790. The highest BCUT2D eigenvalue weighted by molar-refractivity contribution is 5.81. The van der Waals surface area contributed by atoms with Crippen LogP contribution in [-0.2, 0) is 0 Å². The van der Waals surface area contributed by atoms with Crippen LogP contribution >= 0.6 is 0 Å². The number of hydrogen-bond acceptors (Lipinski definition) is 3. The Labute approximate surface area is 96.6 Å². The third-order valence-corrected chi connectivity index (χ3v) is 2.29. The van der Waals surface area contributed by atoms with Crippen molar-refractivity contribution in [1.29, 1.82) is 0 Å². The molecule has 1 aromatic carbocycles. The largest absolute Gasteiger partial charge is 0.497 e. The zero-order chi connectivity index (χ0) is 12.0. The molecule has 0 radical (unpaired) electrons. The molecule has 86 valence electrons. The summed E-state index contributed by atoms with van der Waals surface area (Å²) in [5.74, 6) is 1.21. The van der Waals surface area contributed by atoms with Gasteiger partial charge in [-0.05, 0) is 42.0 Å². The fraction of sp³-hybridized carbons (Fsp3) is 0.308. The van der Waals surface area contributed by atoms with Crippen LogP contribution in [0.1, 0.15) is 13.8 Å². The van der Waals surface area contributed by atoms with Gasteiger partial charge < -0.3 is 10.5 Å². The van der Waals surface area contributed by atoms with E-state index >= 15 is 0 Å². The van der Waals surface area contributed by atoms with Crippen LogP contribution in [0.15, 0.2) is 41.0 Å². The van der Waals surface area contributed by atoms with E-state index in [-0.39, 0.29) is 0 Å². The van der Waals surface area contributed by atoms with Crippen LogP contribution in [0.5, 0.6) is 5.75 Å². The molecule has 0 aliphatic rings. The number of rotatable bonds is 4. The number of aliphatic imine (C=N–C) groups is 1. The Morgan fingerprint density at radius 3 is 2.38 bits per heavy atom. The van der Waals surface area contributed by atoms with Crippen molar-refractivity contribution in [2.24, 2.45) is 16.6 Å². The van der Waals surface area contributed by atoms with Gasteiger partial charge in [0.15, 0.2) is 0 Å². The van der Waals surface area contributed by atoms with Gasteiger partial charge in [0.05, 0.1) is 12.8 Å². The summed E-state index contributed by atoms with van der Waals surface area (Å²) in [5.41, 5.74) is 7.42. The molecule has 0 fully saturated rings. The van der Waals surface area contributed by atoms with E-state index in [9.17, 15) is 0 Å². The molecule has 16 heavy (non-hydrogen) atoms. The van der Waals surface area contributed by atoms with Gasteiger partial charge in [-0.15, -0.1) is 0 Å². The van der Waals surface area contributed by atoms with Gasteiger partial charge in [-0.25, -0.2) is 0 Å². The lowest BCUT2D eigenvalue weighted by Gasteiger charge is -2.04. The maximum atomic E-state index is 5.51. The summed E-state index contributed by atoms with van der Waals surface area (Å²) in [6.07, 6.45) is 3.39. The van der Waals surface area contributed by atoms with Crippen LogP contribution in [-0.4, -0.2) is 13.3 Å². The van der Waals surface area contributed by atoms with E-state index in [0.717, 1.165) is 17.0 Å². The van der Waals surface area contributed by atoms with Crippen LogP contribution in [0, 0.1) is 5.92 Å². The van der Waals surface area contributed by atoms with E-state index in [1.807, 2.05) is 24.3 Å². The minimum atomic E-state index is 0.381. The summed E-state index contributed by atoms with van der Waals surface area (Å²) < 4.78 is 5.07. The van der Waals surface area contributed by atoms with Gasteiger partial charge in [-0.1, -0.05) is 13.8 Å². The Morgan fingerprint density at radius 1 is 1.31 bits per heavy atom. The van der Waals surface area contributed by atoms with E-state index in [1.165, 1.54) is 0 Å². The summed E-state index contributed by atoms with van der Waals surface area (Å²) >= 11 is 0. The molecular formula is C13H18N2O. The third kappa shape index (κ3) is 3.42. The van der Waals surface area contributed by atoms with Crippen LogP contribution in [0.25, 0.3) is 0 Å². The van der Waals surface area contributed by atoms with Gasteiger partial charge in [0, 0.05) is 6.21 Å². The number of nitrogens with zero attached hydrogens (tertiary/aromatic N) is 1. The van der Waals surface area contributed by atoms with Crippen LogP contribution in [0.4, 0.5) is 5.69 Å². The Balaban J connectivity index is 2.76. The predicted octanol–water partition coefficient (Wildman–Crippen LogP) is 2.90. The van der Waals surface area contributed by atoms with Gasteiger partial charge in [0.25, 0.3) is 0 Å². The fourth-order valence-corrected chi connectivity index (χ4v) is 1.20. The predicted molar refractivity (Wildman–Crippen MR) is 68.3 cm³/mol. The van der Waals surface area contributed by atoms with Gasteiger partial charge in [0.1, 0.15) is 5.75 Å². The number of hydrogen-bond donors (Lipinski definition) is 1. The number of methoxy groups -OCH3 is 1. The maximum Gasteiger partial charge on any atom is 0.119 e. The van der Waals surface area contributed by atoms with E-state index in [0.29, 0.717) is 5.92 Å². The lowest BCUT2D eigenvalue weighted by molar-refractivity contribution is 0.415. The molecule has 0 aliphatic carbocycles. The third-order valence-electron chi connectivity index (χ3n) is 2.29. The smallest absolute Gasteiger partial charge is 0.119 e. The summed E-state index contributed by atoms with van der Waals surface area (Å²) in [7, 11) is 1.65. The number of ether oxygens (including phenoxy) is 1. The molecule has 0 aromatic heterocycles. The van der Waals surface area contributed by atoms with Crippen molar-refractivity contribution in [3.63, 3.8) is 0 Å². The Morgan fingerprint density at radius 2 is 1.94 bits per heavy atom. The highest BCUT2D eigenvalue weighted by Crippen LogP contribution is 2.18. The fourth-order valence-electron chi connectivity index (χ4n) is 1.20. The van der Waals surface area contributed by atoms with Gasteiger partial charge >= 0.3 is 0 Å². The second kappa shape index (κ2) is 5.95. The first-order chi connectivity index (χ1) is 7.67. The summed E-state index contributed by atoms with van der Waals surface area (Å²) in [6.45, 7) is 4.16. The lowest BCUT2D eigenvalue weighted by Crippen LogP contribution is -1.98. The monoisotopic (exact) mass is 218 g/mol. The first-order valence-electron chi connectivity index (χ1n) is 5.27. The normalized spacial score (nSPS) is 12.4. The van der Waals surface area contributed by atoms with E-state index in [4.69, 9.17) is 10.5 Å². The lowest BCUT2D eigenvalue weighted by atomic mass is 10.1. The van der Waals surface area contributed by atoms with Crippen LogP contribution < -0.4 is 10.5 Å². The Hall–Kier alpha value is -1.77. The zero-order valence-corrected chi connectivity index (χ0v) is 9.97. The minimum absolute atomic E-state index is 0.381. The molecule has 0 bridgehead atoms. The van der Waals surface area contributed by atoms with Crippen molar-refractivity contribution < 1.29 is 4.74 Å². The topological polar surface area (TPSA) is 47.6 Å². The summed E-state index contributed by atoms with van der Waals surface area (Å²) in [6, 6.07) is 7.58. The van der Waals surface area contributed by atoms with Gasteiger partial charge in [-0.2, -0.15) is 0 Å². The van der Waals surface area contributed by atoms with Gasteiger partial charge in [0.2, 0.25) is 0 Å². The molecule has 3 nitrogen and oxygen atoms in total. The second-order valence-electron chi connectivity index (χ2n) is 3.78. The van der Waals surface area contributed by atoms with Crippen molar-refractivity contribution in [3.05, 3.63) is 36.0 Å². The molecule has 0 heterocycles. The number of benzene rings is 1. The maximum absolute atomic E-state index is 5.51. The molecule has 1 aromatic rings. The molecule has 0 atom stereocenters. The standard InChI is InChI=1S/C13H18N2O/c1-10(2)11(8-14)9-15-12-4-6-13(16-3)7-5-12/h4-10H,14H2,1-3H3. The van der Waals surface area contributed by atoms with E-state index < -0.39 is 0 Å². The van der Waals surface area contributed by atoms with E-state index in [1.54, 1.807) is 19.5 Å². The van der Waals surface area contributed by atoms with Crippen LogP contribution in [0.3, 0.4) is 0 Å². The number of nitrogens with two attached hydrogens (primary N) is 1. The van der Waals surface area contributed by atoms with Crippen molar-refractivity contribution in [3.8, 4) is 5.75 Å². The second-order valence-corrected chi connectivity index (χ2v) is 3.78. The van der Waals surface area contributed by atoms with Crippen LogP contribution in [0.2, 0.25) is 0 Å². The molecule has 0 saturated carbocycles. The first kappa shape index (κ1) is 12.3. The molecule has 0 unspecified atom stereocenters. The average Bonchev–Trinajstić information content (AvgIpc) is 2.30. The zero-order valence-electron chi connectivity index (χ0n) is 9.97. The molecule has 1 rings (SSSR count). The first-order valence-corrected chi connectivity index (χ1v) is 5.27. The highest BCUT2D eigenvalue weighted by Gasteiger charge is 1.98. The SMILES string of the molecule is COc1ccc(N=CC(=CN)C(C)C)cc1. The molecule has 0 aliphatic heterocycles. The van der Waals surface area contributed by atoms with Gasteiger partial charge in [-0.3, -0.25) is 4.99 Å². The van der Waals surface area contributed by atoms with Crippen molar-refractivity contribution in [1.82, 2.24) is 0 Å². The molecule has 3 heteroatoms. The summed E-state index contributed by atoms with van der Waals surface area (Å²) in [4.78, 5) is 4.35.